The molecule has 0 aliphatic carbocycles. The first kappa shape index (κ1) is 16.3. The van der Waals surface area contributed by atoms with E-state index < -0.39 is 5.97 Å². The van der Waals surface area contributed by atoms with Crippen LogP contribution in [-0.4, -0.2) is 49.8 Å². The molecule has 1 fully saturated rings. The molecule has 6 nitrogen and oxygen atoms in total. The van der Waals surface area contributed by atoms with E-state index in [2.05, 4.69) is 5.32 Å². The molecule has 0 saturated carbocycles. The molecule has 0 radical (unpaired) electrons. The molecule has 1 aliphatic rings. The molecule has 1 aromatic rings. The van der Waals surface area contributed by atoms with Crippen molar-refractivity contribution >= 4 is 17.7 Å². The molecule has 1 N–H and O–H groups in total. The van der Waals surface area contributed by atoms with Gasteiger partial charge >= 0.3 is 12.0 Å². The quantitative estimate of drug-likeness (QED) is 0.670. The average Bonchev–Trinajstić information content (AvgIpc) is 2.56. The van der Waals surface area contributed by atoms with Gasteiger partial charge < -0.3 is 19.7 Å². The number of anilines is 1. The number of rotatable bonds is 5. The fourth-order valence-electron chi connectivity index (χ4n) is 2.12. The van der Waals surface area contributed by atoms with Crippen LogP contribution < -0.4 is 5.32 Å². The first-order chi connectivity index (χ1) is 10.7. The zero-order chi connectivity index (χ0) is 15.8. The summed E-state index contributed by atoms with van der Waals surface area (Å²) >= 11 is 0. The Bertz CT molecular complexity index is 513. The minimum atomic E-state index is -0.411. The van der Waals surface area contributed by atoms with E-state index in [1.54, 1.807) is 29.2 Å². The predicted octanol–water partition coefficient (Wildman–Crippen LogP) is 2.51. The Balaban J connectivity index is 2.01. The van der Waals surface area contributed by atoms with Crippen molar-refractivity contribution in [1.29, 1.82) is 0 Å². The van der Waals surface area contributed by atoms with Gasteiger partial charge in [0.25, 0.3) is 0 Å². The van der Waals surface area contributed by atoms with E-state index in [1.165, 1.54) is 0 Å². The van der Waals surface area contributed by atoms with Gasteiger partial charge in [0, 0.05) is 13.1 Å². The van der Waals surface area contributed by atoms with Crippen LogP contribution in [0.2, 0.25) is 0 Å². The second-order valence-electron chi connectivity index (χ2n) is 5.06. The molecule has 0 bridgehead atoms. The SMILES string of the molecule is CCCCOC(=O)c1ccccc1NC(=O)N1CCOCC1. The van der Waals surface area contributed by atoms with Crippen molar-refractivity contribution in [3.8, 4) is 0 Å². The van der Waals surface area contributed by atoms with Gasteiger partial charge in [0.15, 0.2) is 0 Å². The van der Waals surface area contributed by atoms with Gasteiger partial charge in [-0.15, -0.1) is 0 Å². The topological polar surface area (TPSA) is 67.9 Å². The van der Waals surface area contributed by atoms with Gasteiger partial charge in [-0.1, -0.05) is 25.5 Å². The first-order valence-electron chi connectivity index (χ1n) is 7.62. The van der Waals surface area contributed by atoms with Crippen LogP contribution in [0.15, 0.2) is 24.3 Å². The maximum atomic E-state index is 12.2. The summed E-state index contributed by atoms with van der Waals surface area (Å²) in [6.45, 7) is 4.59. The van der Waals surface area contributed by atoms with Crippen LogP contribution in [0.25, 0.3) is 0 Å². The molecule has 0 spiro atoms. The van der Waals surface area contributed by atoms with Crippen molar-refractivity contribution in [2.75, 3.05) is 38.2 Å². The number of hydrogen-bond acceptors (Lipinski definition) is 4. The summed E-state index contributed by atoms with van der Waals surface area (Å²) in [6, 6.07) is 6.66. The molecule has 120 valence electrons. The third-order valence-corrected chi connectivity index (χ3v) is 3.42. The molecule has 22 heavy (non-hydrogen) atoms. The van der Waals surface area contributed by atoms with Crippen LogP contribution in [0.5, 0.6) is 0 Å². The fourth-order valence-corrected chi connectivity index (χ4v) is 2.12. The maximum absolute atomic E-state index is 12.2. The minimum absolute atomic E-state index is 0.225. The Morgan fingerprint density at radius 1 is 1.27 bits per heavy atom. The molecule has 0 aromatic heterocycles. The summed E-state index contributed by atoms with van der Waals surface area (Å²) < 4.78 is 10.4. The number of ether oxygens (including phenoxy) is 2. The minimum Gasteiger partial charge on any atom is -0.462 e. The van der Waals surface area contributed by atoms with Crippen LogP contribution in [-0.2, 0) is 9.47 Å². The highest BCUT2D eigenvalue weighted by Gasteiger charge is 2.19. The van der Waals surface area contributed by atoms with Crippen LogP contribution in [0, 0.1) is 0 Å². The van der Waals surface area contributed by atoms with Gasteiger partial charge in [-0.2, -0.15) is 0 Å². The van der Waals surface area contributed by atoms with E-state index in [1.807, 2.05) is 6.92 Å². The Morgan fingerprint density at radius 3 is 2.73 bits per heavy atom. The summed E-state index contributed by atoms with van der Waals surface area (Å²) in [5, 5.41) is 2.78. The Labute approximate surface area is 130 Å². The molecule has 1 aromatic carbocycles. The summed E-state index contributed by atoms with van der Waals surface area (Å²) in [5.74, 6) is -0.411. The molecule has 2 rings (SSSR count). The molecule has 1 heterocycles. The number of hydrogen-bond donors (Lipinski definition) is 1. The highest BCUT2D eigenvalue weighted by Crippen LogP contribution is 2.17. The Kier molecular flexibility index (Phi) is 6.21. The van der Waals surface area contributed by atoms with Crippen LogP contribution in [0.1, 0.15) is 30.1 Å². The highest BCUT2D eigenvalue weighted by atomic mass is 16.5. The van der Waals surface area contributed by atoms with Crippen molar-refractivity contribution in [1.82, 2.24) is 4.90 Å². The highest BCUT2D eigenvalue weighted by molar-refractivity contribution is 6.00. The average molecular weight is 306 g/mol. The number of carbonyl (C=O) groups is 2. The van der Waals surface area contributed by atoms with Crippen molar-refractivity contribution in [3.05, 3.63) is 29.8 Å². The predicted molar refractivity (Wildman–Crippen MR) is 83.0 cm³/mol. The van der Waals surface area contributed by atoms with Gasteiger partial charge in [-0.25, -0.2) is 9.59 Å². The standard InChI is InChI=1S/C16H22N2O4/c1-2-3-10-22-15(19)13-6-4-5-7-14(13)17-16(20)18-8-11-21-12-9-18/h4-7H,2-3,8-12H2,1H3,(H,17,20). The van der Waals surface area contributed by atoms with Crippen molar-refractivity contribution < 1.29 is 19.1 Å². The number of morpholine rings is 1. The lowest BCUT2D eigenvalue weighted by atomic mass is 10.2. The van der Waals surface area contributed by atoms with Gasteiger partial charge in [0.2, 0.25) is 0 Å². The Morgan fingerprint density at radius 2 is 2.00 bits per heavy atom. The lowest BCUT2D eigenvalue weighted by Crippen LogP contribution is -2.43. The lowest BCUT2D eigenvalue weighted by molar-refractivity contribution is 0.0500. The van der Waals surface area contributed by atoms with Crippen molar-refractivity contribution in [2.24, 2.45) is 0 Å². The molecule has 1 aliphatic heterocycles. The summed E-state index contributed by atoms with van der Waals surface area (Å²) in [4.78, 5) is 26.0. The number of carbonyl (C=O) groups excluding carboxylic acids is 2. The van der Waals surface area contributed by atoms with Crippen molar-refractivity contribution in [3.63, 3.8) is 0 Å². The van der Waals surface area contributed by atoms with Gasteiger partial charge in [0.1, 0.15) is 0 Å². The van der Waals surface area contributed by atoms with E-state index >= 15 is 0 Å². The van der Waals surface area contributed by atoms with Gasteiger partial charge in [0.05, 0.1) is 31.1 Å². The molecule has 0 unspecified atom stereocenters. The largest absolute Gasteiger partial charge is 0.462 e. The second-order valence-corrected chi connectivity index (χ2v) is 5.06. The number of para-hydroxylation sites is 1. The maximum Gasteiger partial charge on any atom is 0.340 e. The molecule has 1 saturated heterocycles. The second kappa shape index (κ2) is 8.38. The number of urea groups is 1. The lowest BCUT2D eigenvalue weighted by Gasteiger charge is -2.27. The number of benzene rings is 1. The van der Waals surface area contributed by atoms with E-state index in [0.29, 0.717) is 44.2 Å². The number of esters is 1. The monoisotopic (exact) mass is 306 g/mol. The van der Waals surface area contributed by atoms with Crippen LogP contribution in [0.4, 0.5) is 10.5 Å². The molecular weight excluding hydrogens is 284 g/mol. The van der Waals surface area contributed by atoms with E-state index in [-0.39, 0.29) is 6.03 Å². The number of unbranched alkanes of at least 4 members (excludes halogenated alkanes) is 1. The van der Waals surface area contributed by atoms with E-state index in [9.17, 15) is 9.59 Å². The van der Waals surface area contributed by atoms with E-state index in [4.69, 9.17) is 9.47 Å². The fraction of sp³-hybridized carbons (Fsp3) is 0.500. The van der Waals surface area contributed by atoms with Crippen LogP contribution >= 0.6 is 0 Å². The smallest absolute Gasteiger partial charge is 0.340 e. The number of nitrogens with zero attached hydrogens (tertiary/aromatic N) is 1. The number of nitrogens with one attached hydrogen (secondary N) is 1. The number of amides is 2. The molecular formula is C16H22N2O4. The zero-order valence-corrected chi connectivity index (χ0v) is 12.8. The summed E-state index contributed by atoms with van der Waals surface area (Å²) in [5.41, 5.74) is 0.848. The molecule has 0 atom stereocenters. The zero-order valence-electron chi connectivity index (χ0n) is 12.8. The van der Waals surface area contributed by atoms with Crippen LogP contribution in [0.3, 0.4) is 0 Å². The van der Waals surface area contributed by atoms with Gasteiger partial charge in [-0.05, 0) is 18.6 Å². The third kappa shape index (κ3) is 4.46. The molecule has 2 amide bonds. The first-order valence-corrected chi connectivity index (χ1v) is 7.62. The summed E-state index contributed by atoms with van der Waals surface area (Å²) in [6.07, 6.45) is 1.79. The van der Waals surface area contributed by atoms with E-state index in [0.717, 1.165) is 12.8 Å². The molecule has 6 heteroatoms. The third-order valence-electron chi connectivity index (χ3n) is 3.42. The normalized spacial score (nSPS) is 14.5. The van der Waals surface area contributed by atoms with Gasteiger partial charge in [-0.3, -0.25) is 0 Å². The summed E-state index contributed by atoms with van der Waals surface area (Å²) in [7, 11) is 0. The van der Waals surface area contributed by atoms with Crippen molar-refractivity contribution in [2.45, 2.75) is 19.8 Å². The Hall–Kier alpha value is -2.08.